The Balaban J connectivity index is 2.08. The zero-order valence-electron chi connectivity index (χ0n) is 13.5. The van der Waals surface area contributed by atoms with Crippen LogP contribution in [0, 0.1) is 17.2 Å². The van der Waals surface area contributed by atoms with Crippen LogP contribution in [0.25, 0.3) is 0 Å². The maximum absolute atomic E-state index is 12.2. The highest BCUT2D eigenvalue weighted by Crippen LogP contribution is 2.15. The lowest BCUT2D eigenvalue weighted by molar-refractivity contribution is 0.0459. The molecule has 2 aromatic rings. The molecule has 0 spiro atoms. The Labute approximate surface area is 140 Å². The van der Waals surface area contributed by atoms with Crippen LogP contribution < -0.4 is 4.74 Å². The Morgan fingerprint density at radius 2 is 1.67 bits per heavy atom. The summed E-state index contributed by atoms with van der Waals surface area (Å²) in [5.74, 6) is -0.500. The molecule has 0 N–H and O–H groups in total. The van der Waals surface area contributed by atoms with Gasteiger partial charge in [0.05, 0.1) is 29.4 Å². The Hall–Kier alpha value is -3.13. The number of hydrogen-bond donors (Lipinski definition) is 0. The molecular formula is C19H17NO4. The van der Waals surface area contributed by atoms with Gasteiger partial charge in [-0.3, -0.25) is 0 Å². The molecule has 0 aromatic heterocycles. The third-order valence-corrected chi connectivity index (χ3v) is 3.08. The highest BCUT2D eigenvalue weighted by atomic mass is 16.5. The lowest BCUT2D eigenvalue weighted by Gasteiger charge is -2.08. The summed E-state index contributed by atoms with van der Waals surface area (Å²) in [5, 5.41) is 8.75. The predicted octanol–water partition coefficient (Wildman–Crippen LogP) is 3.59. The van der Waals surface area contributed by atoms with Crippen molar-refractivity contribution >= 4 is 11.9 Å². The lowest BCUT2D eigenvalue weighted by atomic mass is 10.1. The molecule has 2 rings (SSSR count). The minimum absolute atomic E-state index is 0.235. The van der Waals surface area contributed by atoms with E-state index in [-0.39, 0.29) is 11.5 Å². The molecule has 122 valence electrons. The molecule has 0 aliphatic carbocycles. The third-order valence-electron chi connectivity index (χ3n) is 3.08. The highest BCUT2D eigenvalue weighted by Gasteiger charge is 2.13. The van der Waals surface area contributed by atoms with E-state index < -0.39 is 11.9 Å². The van der Waals surface area contributed by atoms with Crippen molar-refractivity contribution in [2.75, 3.05) is 6.61 Å². The molecule has 0 radical (unpaired) electrons. The lowest BCUT2D eigenvalue weighted by Crippen LogP contribution is -2.13. The van der Waals surface area contributed by atoms with E-state index in [9.17, 15) is 9.59 Å². The second-order valence-corrected chi connectivity index (χ2v) is 5.60. The molecule has 0 saturated heterocycles. The Morgan fingerprint density at radius 3 is 2.25 bits per heavy atom. The van der Waals surface area contributed by atoms with Gasteiger partial charge in [0.25, 0.3) is 0 Å². The van der Waals surface area contributed by atoms with Crippen molar-refractivity contribution in [2.45, 2.75) is 13.8 Å². The fourth-order valence-corrected chi connectivity index (χ4v) is 1.86. The van der Waals surface area contributed by atoms with Gasteiger partial charge in [-0.15, -0.1) is 0 Å². The zero-order chi connectivity index (χ0) is 17.5. The Kier molecular flexibility index (Phi) is 5.69. The zero-order valence-corrected chi connectivity index (χ0v) is 13.5. The van der Waals surface area contributed by atoms with Gasteiger partial charge < -0.3 is 9.47 Å². The molecule has 5 nitrogen and oxygen atoms in total. The van der Waals surface area contributed by atoms with Gasteiger partial charge in [0.15, 0.2) is 0 Å². The number of carbonyl (C=O) groups is 2. The fraction of sp³-hybridized carbons (Fsp3) is 0.211. The average molecular weight is 323 g/mol. The number of nitriles is 1. The summed E-state index contributed by atoms with van der Waals surface area (Å²) in [6.45, 7) is 4.20. The first-order valence-corrected chi connectivity index (χ1v) is 7.49. The van der Waals surface area contributed by atoms with Gasteiger partial charge in [-0.25, -0.2) is 9.59 Å². The summed E-state index contributed by atoms with van der Waals surface area (Å²) in [6, 6.07) is 14.4. The van der Waals surface area contributed by atoms with Crippen molar-refractivity contribution < 1.29 is 19.1 Å². The number of carbonyl (C=O) groups excluding carboxylic acids is 2. The molecule has 24 heavy (non-hydrogen) atoms. The van der Waals surface area contributed by atoms with Gasteiger partial charge >= 0.3 is 11.9 Å². The summed E-state index contributed by atoms with van der Waals surface area (Å²) in [5.41, 5.74) is 1.02. The summed E-state index contributed by atoms with van der Waals surface area (Å²) in [7, 11) is 0. The van der Waals surface area contributed by atoms with Gasteiger partial charge in [-0.1, -0.05) is 19.9 Å². The number of esters is 2. The molecule has 0 bridgehead atoms. The van der Waals surface area contributed by atoms with Crippen molar-refractivity contribution in [3.05, 3.63) is 65.2 Å². The van der Waals surface area contributed by atoms with Crippen LogP contribution in [0.2, 0.25) is 0 Å². The molecule has 5 heteroatoms. The second-order valence-electron chi connectivity index (χ2n) is 5.60. The first-order valence-electron chi connectivity index (χ1n) is 7.49. The van der Waals surface area contributed by atoms with Gasteiger partial charge in [0, 0.05) is 0 Å². The van der Waals surface area contributed by atoms with Gasteiger partial charge in [0.1, 0.15) is 5.75 Å². The van der Waals surface area contributed by atoms with Crippen LogP contribution in [0.5, 0.6) is 5.75 Å². The summed E-state index contributed by atoms with van der Waals surface area (Å²) in [4.78, 5) is 24.1. The van der Waals surface area contributed by atoms with Crippen LogP contribution in [0.15, 0.2) is 48.5 Å². The summed E-state index contributed by atoms with van der Waals surface area (Å²) < 4.78 is 10.4. The molecule has 2 aromatic carbocycles. The van der Waals surface area contributed by atoms with E-state index in [1.807, 2.05) is 19.9 Å². The molecule has 0 amide bonds. The average Bonchev–Trinajstić information content (AvgIpc) is 2.60. The van der Waals surface area contributed by atoms with E-state index in [0.717, 1.165) is 0 Å². The van der Waals surface area contributed by atoms with Gasteiger partial charge in [-0.05, 0) is 48.4 Å². The van der Waals surface area contributed by atoms with E-state index in [1.54, 1.807) is 30.3 Å². The highest BCUT2D eigenvalue weighted by molar-refractivity contribution is 5.96. The van der Waals surface area contributed by atoms with Gasteiger partial charge in [-0.2, -0.15) is 5.26 Å². The van der Waals surface area contributed by atoms with E-state index in [0.29, 0.717) is 23.5 Å². The summed E-state index contributed by atoms with van der Waals surface area (Å²) in [6.07, 6.45) is 0. The van der Waals surface area contributed by atoms with Gasteiger partial charge in [0.2, 0.25) is 0 Å². The first kappa shape index (κ1) is 17.2. The van der Waals surface area contributed by atoms with E-state index >= 15 is 0 Å². The quantitative estimate of drug-likeness (QED) is 0.621. The maximum atomic E-state index is 12.2. The van der Waals surface area contributed by atoms with Crippen molar-refractivity contribution in [3.63, 3.8) is 0 Å². The van der Waals surface area contributed by atoms with Crippen molar-refractivity contribution in [3.8, 4) is 11.8 Å². The monoisotopic (exact) mass is 323 g/mol. The molecule has 0 fully saturated rings. The number of nitrogens with zero attached hydrogens (tertiary/aromatic N) is 1. The topological polar surface area (TPSA) is 76.4 Å². The predicted molar refractivity (Wildman–Crippen MR) is 87.7 cm³/mol. The number of rotatable bonds is 5. The van der Waals surface area contributed by atoms with Crippen LogP contribution in [-0.4, -0.2) is 18.5 Å². The molecule has 0 saturated carbocycles. The largest absolute Gasteiger partial charge is 0.462 e. The molecule has 0 aliphatic heterocycles. The fourth-order valence-electron chi connectivity index (χ4n) is 1.86. The van der Waals surface area contributed by atoms with Crippen molar-refractivity contribution in [1.82, 2.24) is 0 Å². The van der Waals surface area contributed by atoms with Crippen LogP contribution >= 0.6 is 0 Å². The normalized spacial score (nSPS) is 10.1. The number of benzene rings is 2. The smallest absolute Gasteiger partial charge is 0.343 e. The number of ether oxygens (including phenoxy) is 2. The minimum Gasteiger partial charge on any atom is -0.462 e. The molecule has 0 aliphatic rings. The Bertz CT molecular complexity index is 773. The van der Waals surface area contributed by atoms with Crippen LogP contribution in [0.1, 0.15) is 40.1 Å². The van der Waals surface area contributed by atoms with E-state index in [4.69, 9.17) is 14.7 Å². The standard InChI is InChI=1S/C19H17NO4/c1-13(2)12-23-18(21)15-4-3-5-16(10-15)19(22)24-17-8-6-14(11-20)7-9-17/h3-10,13H,12H2,1-2H3. The number of hydrogen-bond acceptors (Lipinski definition) is 5. The maximum Gasteiger partial charge on any atom is 0.343 e. The Morgan fingerprint density at radius 1 is 1.04 bits per heavy atom. The van der Waals surface area contributed by atoms with E-state index in [2.05, 4.69) is 0 Å². The molecule has 0 atom stereocenters. The van der Waals surface area contributed by atoms with Crippen molar-refractivity contribution in [1.29, 1.82) is 5.26 Å². The van der Waals surface area contributed by atoms with Crippen LogP contribution in [0.3, 0.4) is 0 Å². The second kappa shape index (κ2) is 7.93. The molecular weight excluding hydrogens is 306 g/mol. The first-order chi connectivity index (χ1) is 11.5. The third kappa shape index (κ3) is 4.68. The SMILES string of the molecule is CC(C)COC(=O)c1cccc(C(=O)Oc2ccc(C#N)cc2)c1. The minimum atomic E-state index is -0.585. The molecule has 0 heterocycles. The van der Waals surface area contributed by atoms with Crippen molar-refractivity contribution in [2.24, 2.45) is 5.92 Å². The molecule has 0 unspecified atom stereocenters. The van der Waals surface area contributed by atoms with Crippen LogP contribution in [-0.2, 0) is 4.74 Å². The van der Waals surface area contributed by atoms with E-state index in [1.165, 1.54) is 18.2 Å². The van der Waals surface area contributed by atoms with Crippen LogP contribution in [0.4, 0.5) is 0 Å². The summed E-state index contributed by atoms with van der Waals surface area (Å²) >= 11 is 0.